The number of hydrogen-bond donors (Lipinski definition) is 1. The molecule has 118 valence electrons. The zero-order valence-electron chi connectivity index (χ0n) is 14.0. The number of hydrogen-bond acceptors (Lipinski definition) is 2. The zero-order valence-corrected chi connectivity index (χ0v) is 15.0. The molecule has 0 aliphatic heterocycles. The van der Waals surface area contributed by atoms with Gasteiger partial charge in [-0.2, -0.15) is 0 Å². The molecule has 1 saturated carbocycles. The van der Waals surface area contributed by atoms with Crippen molar-refractivity contribution >= 4 is 13.8 Å². The number of nitrogens with zero attached hydrogens (tertiary/aromatic N) is 1. The molecular formula is C19H27NOSi. The van der Waals surface area contributed by atoms with Crippen LogP contribution in [0.2, 0.25) is 19.6 Å². The van der Waals surface area contributed by atoms with E-state index in [0.717, 1.165) is 31.4 Å². The Hall–Kier alpha value is -1.37. The van der Waals surface area contributed by atoms with Gasteiger partial charge in [-0.15, -0.1) is 11.5 Å². The van der Waals surface area contributed by atoms with Crippen molar-refractivity contribution in [3.63, 3.8) is 0 Å². The summed E-state index contributed by atoms with van der Waals surface area (Å²) in [5, 5.41) is 11.0. The fraction of sp³-hybridized carbons (Fsp3) is 0.526. The van der Waals surface area contributed by atoms with E-state index < -0.39 is 13.7 Å². The lowest BCUT2D eigenvalue weighted by molar-refractivity contribution is 0.0941. The van der Waals surface area contributed by atoms with Gasteiger partial charge in [0, 0.05) is 12.1 Å². The summed E-state index contributed by atoms with van der Waals surface area (Å²) in [5.41, 5.74) is 4.70. The minimum Gasteiger partial charge on any atom is -0.383 e. The second-order valence-corrected chi connectivity index (χ2v) is 12.0. The van der Waals surface area contributed by atoms with Gasteiger partial charge in [0.2, 0.25) is 0 Å². The van der Waals surface area contributed by atoms with Crippen LogP contribution in [0.3, 0.4) is 0 Å². The Morgan fingerprint density at radius 3 is 2.59 bits per heavy atom. The summed E-state index contributed by atoms with van der Waals surface area (Å²) in [5.74, 6) is 3.24. The zero-order chi connectivity index (χ0) is 16.1. The van der Waals surface area contributed by atoms with Gasteiger partial charge in [0.05, 0.1) is 6.54 Å². The highest BCUT2D eigenvalue weighted by atomic mass is 28.3. The van der Waals surface area contributed by atoms with Crippen LogP contribution in [0.15, 0.2) is 35.3 Å². The van der Waals surface area contributed by atoms with Crippen LogP contribution in [0.25, 0.3) is 0 Å². The molecule has 3 heteroatoms. The Morgan fingerprint density at radius 1 is 1.18 bits per heavy atom. The van der Waals surface area contributed by atoms with Crippen molar-refractivity contribution in [2.45, 2.75) is 63.9 Å². The number of aliphatic imine (C=N–C) groups is 1. The maximum absolute atomic E-state index is 11.0. The smallest absolute Gasteiger partial charge is 0.129 e. The van der Waals surface area contributed by atoms with E-state index in [0.29, 0.717) is 13.0 Å². The first kappa shape index (κ1) is 17.0. The molecule has 1 aromatic rings. The van der Waals surface area contributed by atoms with Crippen molar-refractivity contribution in [2.24, 2.45) is 4.99 Å². The topological polar surface area (TPSA) is 32.6 Å². The Morgan fingerprint density at radius 2 is 1.91 bits per heavy atom. The van der Waals surface area contributed by atoms with Gasteiger partial charge in [0.1, 0.15) is 13.7 Å². The van der Waals surface area contributed by atoms with Crippen LogP contribution in [0.5, 0.6) is 0 Å². The molecule has 0 radical (unpaired) electrons. The van der Waals surface area contributed by atoms with Crippen LogP contribution in [0, 0.1) is 11.5 Å². The van der Waals surface area contributed by atoms with Gasteiger partial charge in [0.15, 0.2) is 0 Å². The van der Waals surface area contributed by atoms with E-state index in [1.165, 1.54) is 5.56 Å². The number of rotatable bonds is 3. The van der Waals surface area contributed by atoms with Crippen molar-refractivity contribution in [1.82, 2.24) is 0 Å². The average Bonchev–Trinajstić information content (AvgIpc) is 2.46. The molecule has 0 amide bonds. The third-order valence-corrected chi connectivity index (χ3v) is 4.86. The molecule has 1 aliphatic rings. The molecule has 1 aromatic carbocycles. The van der Waals surface area contributed by atoms with Gasteiger partial charge in [0.25, 0.3) is 0 Å². The monoisotopic (exact) mass is 313 g/mol. The van der Waals surface area contributed by atoms with Gasteiger partial charge in [-0.05, 0) is 31.2 Å². The highest BCUT2D eigenvalue weighted by Crippen LogP contribution is 2.29. The van der Waals surface area contributed by atoms with Crippen molar-refractivity contribution in [3.8, 4) is 11.5 Å². The highest BCUT2D eigenvalue weighted by Gasteiger charge is 2.34. The van der Waals surface area contributed by atoms with Gasteiger partial charge < -0.3 is 5.11 Å². The summed E-state index contributed by atoms with van der Waals surface area (Å²) in [7, 11) is -1.38. The van der Waals surface area contributed by atoms with Gasteiger partial charge >= 0.3 is 0 Å². The van der Waals surface area contributed by atoms with Gasteiger partial charge in [-0.25, -0.2) is 0 Å². The second-order valence-electron chi connectivity index (χ2n) is 7.22. The third kappa shape index (κ3) is 5.12. The van der Waals surface area contributed by atoms with Crippen molar-refractivity contribution in [1.29, 1.82) is 0 Å². The number of aliphatic hydroxyl groups is 1. The van der Waals surface area contributed by atoms with E-state index >= 15 is 0 Å². The Labute approximate surface area is 135 Å². The molecule has 0 bridgehead atoms. The fourth-order valence-electron chi connectivity index (χ4n) is 2.73. The summed E-state index contributed by atoms with van der Waals surface area (Å²) in [4.78, 5) is 4.73. The summed E-state index contributed by atoms with van der Waals surface area (Å²) < 4.78 is 0. The minimum absolute atomic E-state index is 0.533. The summed E-state index contributed by atoms with van der Waals surface area (Å²) in [6.07, 6.45) is 4.41. The predicted octanol–water partition coefficient (Wildman–Crippen LogP) is 4.20. The van der Waals surface area contributed by atoms with E-state index in [-0.39, 0.29) is 0 Å². The Balaban J connectivity index is 2.11. The van der Waals surface area contributed by atoms with Crippen molar-refractivity contribution in [3.05, 3.63) is 35.9 Å². The van der Waals surface area contributed by atoms with Gasteiger partial charge in [-0.1, -0.05) is 50.0 Å². The molecule has 1 atom stereocenters. The Bertz CT molecular complexity index is 577. The van der Waals surface area contributed by atoms with E-state index in [1.807, 2.05) is 18.2 Å². The lowest BCUT2D eigenvalue weighted by atomic mass is 9.80. The lowest BCUT2D eigenvalue weighted by Gasteiger charge is -2.32. The van der Waals surface area contributed by atoms with Crippen molar-refractivity contribution < 1.29 is 5.11 Å². The molecule has 1 aliphatic carbocycles. The van der Waals surface area contributed by atoms with Crippen LogP contribution in [0.4, 0.5) is 0 Å². The SMILES string of the molecule is C[Si](C)(C)C#CC[C@]1(O)CCCCC1=NCc1ccccc1. The highest BCUT2D eigenvalue weighted by molar-refractivity contribution is 6.83. The molecule has 2 rings (SSSR count). The molecule has 0 spiro atoms. The molecule has 0 heterocycles. The summed E-state index contributed by atoms with van der Waals surface area (Å²) >= 11 is 0. The second kappa shape index (κ2) is 7.26. The first-order valence-corrected chi connectivity index (χ1v) is 11.7. The average molecular weight is 314 g/mol. The normalized spacial score (nSPS) is 23.9. The number of benzene rings is 1. The molecule has 1 fully saturated rings. The minimum atomic E-state index is -1.38. The standard InChI is InChI=1S/C19H27NOSi/c1-22(2,3)15-9-14-19(21)13-8-7-12-18(19)20-16-17-10-5-4-6-11-17/h4-6,10-11,21H,7-8,12-14,16H2,1-3H3/t19-/m1/s1. The first-order valence-electron chi connectivity index (χ1n) is 8.19. The van der Waals surface area contributed by atoms with Crippen LogP contribution in [0.1, 0.15) is 37.7 Å². The van der Waals surface area contributed by atoms with E-state index in [1.54, 1.807) is 0 Å². The lowest BCUT2D eigenvalue weighted by Crippen LogP contribution is -2.41. The van der Waals surface area contributed by atoms with Crippen LogP contribution in [-0.2, 0) is 6.54 Å². The predicted molar refractivity (Wildman–Crippen MR) is 96.7 cm³/mol. The Kier molecular flexibility index (Phi) is 5.61. The van der Waals surface area contributed by atoms with Gasteiger partial charge in [-0.3, -0.25) is 4.99 Å². The molecule has 0 unspecified atom stereocenters. The van der Waals surface area contributed by atoms with Crippen LogP contribution >= 0.6 is 0 Å². The molecule has 0 saturated heterocycles. The van der Waals surface area contributed by atoms with E-state index in [2.05, 4.69) is 43.2 Å². The third-order valence-electron chi connectivity index (χ3n) is 3.93. The summed E-state index contributed by atoms with van der Waals surface area (Å²) in [6, 6.07) is 10.2. The fourth-order valence-corrected chi connectivity index (χ4v) is 3.35. The quantitative estimate of drug-likeness (QED) is 0.658. The molecular weight excluding hydrogens is 286 g/mol. The van der Waals surface area contributed by atoms with Crippen molar-refractivity contribution in [2.75, 3.05) is 0 Å². The van der Waals surface area contributed by atoms with Crippen LogP contribution < -0.4 is 0 Å². The molecule has 2 nitrogen and oxygen atoms in total. The molecule has 1 N–H and O–H groups in total. The first-order chi connectivity index (χ1) is 10.4. The largest absolute Gasteiger partial charge is 0.383 e. The summed E-state index contributed by atoms with van der Waals surface area (Å²) in [6.45, 7) is 7.35. The maximum Gasteiger partial charge on any atom is 0.129 e. The molecule has 22 heavy (non-hydrogen) atoms. The van der Waals surface area contributed by atoms with E-state index in [9.17, 15) is 5.11 Å². The van der Waals surface area contributed by atoms with Crippen LogP contribution in [-0.4, -0.2) is 24.5 Å². The molecule has 0 aromatic heterocycles. The maximum atomic E-state index is 11.0. The van der Waals surface area contributed by atoms with E-state index in [4.69, 9.17) is 4.99 Å².